The Bertz CT molecular complexity index is 478. The SMILES string of the molecule is CN(CC#N)c1c[nH]c2ccccc12. The fourth-order valence-electron chi connectivity index (χ4n) is 1.56. The van der Waals surface area contributed by atoms with E-state index >= 15 is 0 Å². The van der Waals surface area contributed by atoms with Gasteiger partial charge in [-0.1, -0.05) is 18.2 Å². The lowest BCUT2D eigenvalue weighted by Crippen LogP contribution is -2.16. The zero-order valence-corrected chi connectivity index (χ0v) is 7.99. The van der Waals surface area contributed by atoms with Gasteiger partial charge in [0.15, 0.2) is 0 Å². The Balaban J connectivity index is 2.48. The van der Waals surface area contributed by atoms with Crippen LogP contribution >= 0.6 is 0 Å². The van der Waals surface area contributed by atoms with Crippen LogP contribution in [0.4, 0.5) is 5.69 Å². The number of hydrogen-bond donors (Lipinski definition) is 1. The molecule has 1 aromatic carbocycles. The molecule has 0 spiro atoms. The molecule has 1 heterocycles. The van der Waals surface area contributed by atoms with Gasteiger partial charge in [-0.2, -0.15) is 5.26 Å². The van der Waals surface area contributed by atoms with Gasteiger partial charge in [0.05, 0.1) is 11.8 Å². The molecule has 2 rings (SSSR count). The topological polar surface area (TPSA) is 42.8 Å². The van der Waals surface area contributed by atoms with Crippen LogP contribution < -0.4 is 4.90 Å². The molecule has 0 radical (unpaired) electrons. The summed E-state index contributed by atoms with van der Waals surface area (Å²) in [5, 5.41) is 9.76. The average molecular weight is 185 g/mol. The summed E-state index contributed by atoms with van der Waals surface area (Å²) in [7, 11) is 1.92. The molecule has 70 valence electrons. The molecular weight excluding hydrogens is 174 g/mol. The maximum atomic E-state index is 8.61. The minimum Gasteiger partial charge on any atom is -0.360 e. The van der Waals surface area contributed by atoms with Gasteiger partial charge in [-0.25, -0.2) is 0 Å². The van der Waals surface area contributed by atoms with Gasteiger partial charge in [0.25, 0.3) is 0 Å². The van der Waals surface area contributed by atoms with Crippen molar-refractivity contribution < 1.29 is 0 Å². The van der Waals surface area contributed by atoms with E-state index in [1.807, 2.05) is 36.3 Å². The van der Waals surface area contributed by atoms with Crippen molar-refractivity contribution in [2.75, 3.05) is 18.5 Å². The summed E-state index contributed by atoms with van der Waals surface area (Å²) in [5.74, 6) is 0. The van der Waals surface area contributed by atoms with E-state index < -0.39 is 0 Å². The van der Waals surface area contributed by atoms with Gasteiger partial charge >= 0.3 is 0 Å². The molecule has 2 aromatic rings. The fraction of sp³-hybridized carbons (Fsp3) is 0.182. The second kappa shape index (κ2) is 3.43. The number of benzene rings is 1. The molecule has 1 N–H and O–H groups in total. The third kappa shape index (κ3) is 1.31. The van der Waals surface area contributed by atoms with Crippen molar-refractivity contribution in [3.63, 3.8) is 0 Å². The third-order valence-corrected chi connectivity index (χ3v) is 2.29. The highest BCUT2D eigenvalue weighted by Gasteiger charge is 2.06. The van der Waals surface area contributed by atoms with Crippen LogP contribution in [-0.4, -0.2) is 18.6 Å². The number of H-pyrrole nitrogens is 1. The number of nitrogens with one attached hydrogen (secondary N) is 1. The van der Waals surface area contributed by atoms with Gasteiger partial charge in [0.1, 0.15) is 6.54 Å². The molecule has 0 saturated carbocycles. The molecule has 0 atom stereocenters. The number of nitrogens with zero attached hydrogens (tertiary/aromatic N) is 2. The number of rotatable bonds is 2. The molecule has 14 heavy (non-hydrogen) atoms. The zero-order valence-electron chi connectivity index (χ0n) is 7.99. The molecule has 0 aliphatic heterocycles. The van der Waals surface area contributed by atoms with Crippen molar-refractivity contribution in [1.29, 1.82) is 5.26 Å². The molecular formula is C11H11N3. The number of para-hydroxylation sites is 1. The Morgan fingerprint density at radius 2 is 2.21 bits per heavy atom. The number of aromatic amines is 1. The standard InChI is InChI=1S/C11H11N3/c1-14(7-6-12)11-8-13-10-5-3-2-4-9(10)11/h2-5,8,13H,7H2,1H3. The van der Waals surface area contributed by atoms with Crippen molar-refractivity contribution in [3.05, 3.63) is 30.5 Å². The summed E-state index contributed by atoms with van der Waals surface area (Å²) in [6.07, 6.45) is 1.93. The highest BCUT2D eigenvalue weighted by atomic mass is 15.1. The number of anilines is 1. The van der Waals surface area contributed by atoms with Crippen LogP contribution in [-0.2, 0) is 0 Å². The van der Waals surface area contributed by atoms with Gasteiger partial charge in [0, 0.05) is 24.1 Å². The second-order valence-corrected chi connectivity index (χ2v) is 3.23. The van der Waals surface area contributed by atoms with Crippen LogP contribution in [0.15, 0.2) is 30.5 Å². The van der Waals surface area contributed by atoms with Crippen LogP contribution in [0.25, 0.3) is 10.9 Å². The Kier molecular flexibility index (Phi) is 2.11. The Labute approximate surface area is 82.6 Å². The maximum absolute atomic E-state index is 8.61. The van der Waals surface area contributed by atoms with Crippen LogP contribution in [0.1, 0.15) is 0 Å². The quantitative estimate of drug-likeness (QED) is 0.728. The predicted octanol–water partition coefficient (Wildman–Crippen LogP) is 2.13. The summed E-state index contributed by atoms with van der Waals surface area (Å²) in [4.78, 5) is 5.11. The first kappa shape index (κ1) is 8.64. The van der Waals surface area contributed by atoms with E-state index in [9.17, 15) is 0 Å². The summed E-state index contributed by atoms with van der Waals surface area (Å²) in [6, 6.07) is 10.2. The summed E-state index contributed by atoms with van der Waals surface area (Å²) >= 11 is 0. The van der Waals surface area contributed by atoms with E-state index in [0.29, 0.717) is 6.54 Å². The molecule has 1 aromatic heterocycles. The minimum absolute atomic E-state index is 0.405. The van der Waals surface area contributed by atoms with Crippen molar-refractivity contribution in [2.24, 2.45) is 0 Å². The summed E-state index contributed by atoms with van der Waals surface area (Å²) in [5.41, 5.74) is 2.18. The molecule has 0 aliphatic carbocycles. The van der Waals surface area contributed by atoms with E-state index in [4.69, 9.17) is 5.26 Å². The van der Waals surface area contributed by atoms with Crippen LogP contribution in [0.3, 0.4) is 0 Å². The zero-order chi connectivity index (χ0) is 9.97. The van der Waals surface area contributed by atoms with E-state index in [1.54, 1.807) is 0 Å². The lowest BCUT2D eigenvalue weighted by atomic mass is 10.2. The van der Waals surface area contributed by atoms with Crippen LogP contribution in [0, 0.1) is 11.3 Å². The molecule has 0 fully saturated rings. The molecule has 3 nitrogen and oxygen atoms in total. The first-order valence-electron chi connectivity index (χ1n) is 4.47. The maximum Gasteiger partial charge on any atom is 0.105 e. The lowest BCUT2D eigenvalue weighted by molar-refractivity contribution is 1.04. The Hall–Kier alpha value is -1.95. The molecule has 0 unspecified atom stereocenters. The second-order valence-electron chi connectivity index (χ2n) is 3.23. The third-order valence-electron chi connectivity index (χ3n) is 2.29. The molecule has 3 heteroatoms. The normalized spacial score (nSPS) is 10.0. The van der Waals surface area contributed by atoms with Crippen molar-refractivity contribution >= 4 is 16.6 Å². The lowest BCUT2D eigenvalue weighted by Gasteiger charge is -2.13. The number of fused-ring (bicyclic) bond motifs is 1. The first-order valence-corrected chi connectivity index (χ1v) is 4.47. The van der Waals surface area contributed by atoms with Crippen molar-refractivity contribution in [3.8, 4) is 6.07 Å². The number of nitriles is 1. The highest BCUT2D eigenvalue weighted by Crippen LogP contribution is 2.24. The Morgan fingerprint density at radius 1 is 1.43 bits per heavy atom. The summed E-state index contributed by atoms with van der Waals surface area (Å²) in [6.45, 7) is 0.405. The fourth-order valence-corrected chi connectivity index (χ4v) is 1.56. The predicted molar refractivity (Wildman–Crippen MR) is 57.2 cm³/mol. The monoisotopic (exact) mass is 185 g/mol. The van der Waals surface area contributed by atoms with Gasteiger partial charge < -0.3 is 9.88 Å². The highest BCUT2D eigenvalue weighted by molar-refractivity contribution is 5.92. The van der Waals surface area contributed by atoms with Crippen LogP contribution in [0.5, 0.6) is 0 Å². The van der Waals surface area contributed by atoms with Crippen LogP contribution in [0.2, 0.25) is 0 Å². The van der Waals surface area contributed by atoms with E-state index in [-0.39, 0.29) is 0 Å². The Morgan fingerprint density at radius 3 is 3.00 bits per heavy atom. The van der Waals surface area contributed by atoms with E-state index in [1.165, 1.54) is 0 Å². The minimum atomic E-state index is 0.405. The van der Waals surface area contributed by atoms with E-state index in [2.05, 4.69) is 17.1 Å². The van der Waals surface area contributed by atoms with Gasteiger partial charge in [0.2, 0.25) is 0 Å². The van der Waals surface area contributed by atoms with Crippen molar-refractivity contribution in [1.82, 2.24) is 4.98 Å². The smallest absolute Gasteiger partial charge is 0.105 e. The van der Waals surface area contributed by atoms with Gasteiger partial charge in [-0.05, 0) is 6.07 Å². The molecule has 0 amide bonds. The molecule has 0 saturated heterocycles. The van der Waals surface area contributed by atoms with Gasteiger partial charge in [-0.15, -0.1) is 0 Å². The molecule has 0 bridgehead atoms. The van der Waals surface area contributed by atoms with E-state index in [0.717, 1.165) is 16.6 Å². The first-order chi connectivity index (χ1) is 6.83. The number of hydrogen-bond acceptors (Lipinski definition) is 2. The summed E-state index contributed by atoms with van der Waals surface area (Å²) < 4.78 is 0. The average Bonchev–Trinajstić information content (AvgIpc) is 2.61. The number of aromatic nitrogens is 1. The van der Waals surface area contributed by atoms with Crippen molar-refractivity contribution in [2.45, 2.75) is 0 Å². The van der Waals surface area contributed by atoms with Gasteiger partial charge in [-0.3, -0.25) is 0 Å². The molecule has 0 aliphatic rings. The largest absolute Gasteiger partial charge is 0.360 e.